The Morgan fingerprint density at radius 3 is 2.86 bits per heavy atom. The van der Waals surface area contributed by atoms with Crippen LogP contribution in [0, 0.1) is 5.92 Å². The summed E-state index contributed by atoms with van der Waals surface area (Å²) in [6.07, 6.45) is 1.20. The van der Waals surface area contributed by atoms with E-state index in [1.165, 1.54) is 19.5 Å². The van der Waals surface area contributed by atoms with Crippen molar-refractivity contribution in [2.45, 2.75) is 26.3 Å². The monoisotopic (exact) mass is 200 g/mol. The van der Waals surface area contributed by atoms with Gasteiger partial charge in [-0.2, -0.15) is 0 Å². The lowest BCUT2D eigenvalue weighted by atomic mass is 10.1. The minimum atomic E-state index is 0.568. The molecule has 1 saturated heterocycles. The van der Waals surface area contributed by atoms with Crippen LogP contribution in [-0.4, -0.2) is 50.8 Å². The molecule has 14 heavy (non-hydrogen) atoms. The van der Waals surface area contributed by atoms with E-state index in [0.29, 0.717) is 6.04 Å². The lowest BCUT2D eigenvalue weighted by molar-refractivity contribution is 0.0706. The smallest absolute Gasteiger partial charge is 0.0620 e. The number of ether oxygens (including phenoxy) is 1. The highest BCUT2D eigenvalue weighted by Gasteiger charge is 2.13. The van der Waals surface area contributed by atoms with Gasteiger partial charge in [0.25, 0.3) is 0 Å². The van der Waals surface area contributed by atoms with Gasteiger partial charge in [-0.1, -0.05) is 13.8 Å². The van der Waals surface area contributed by atoms with Crippen LogP contribution in [0.2, 0.25) is 0 Å². The van der Waals surface area contributed by atoms with Gasteiger partial charge in [0.05, 0.1) is 13.2 Å². The van der Waals surface area contributed by atoms with Gasteiger partial charge in [0, 0.05) is 19.1 Å². The largest absolute Gasteiger partial charge is 0.379 e. The fraction of sp³-hybridized carbons (Fsp3) is 1.00. The highest BCUT2D eigenvalue weighted by atomic mass is 16.5. The van der Waals surface area contributed by atoms with Crippen molar-refractivity contribution in [1.82, 2.24) is 10.2 Å². The molecule has 1 aliphatic heterocycles. The predicted molar refractivity (Wildman–Crippen MR) is 59.6 cm³/mol. The van der Waals surface area contributed by atoms with Gasteiger partial charge in [0.2, 0.25) is 0 Å². The van der Waals surface area contributed by atoms with Crippen LogP contribution < -0.4 is 5.32 Å². The second-order valence-electron chi connectivity index (χ2n) is 4.67. The molecule has 1 N–H and O–H groups in total. The summed E-state index contributed by atoms with van der Waals surface area (Å²) in [5.41, 5.74) is 0. The van der Waals surface area contributed by atoms with E-state index in [2.05, 4.69) is 31.1 Å². The zero-order valence-corrected chi connectivity index (χ0v) is 9.75. The van der Waals surface area contributed by atoms with Crippen LogP contribution in [0.15, 0.2) is 0 Å². The first-order valence-electron chi connectivity index (χ1n) is 5.68. The zero-order chi connectivity index (χ0) is 10.4. The van der Waals surface area contributed by atoms with Gasteiger partial charge in [-0.15, -0.1) is 0 Å². The normalized spacial score (nSPS) is 23.4. The topological polar surface area (TPSA) is 24.5 Å². The number of hydrogen-bond donors (Lipinski definition) is 1. The molecule has 3 heteroatoms. The Kier molecular flexibility index (Phi) is 5.45. The molecule has 1 heterocycles. The van der Waals surface area contributed by atoms with E-state index in [0.717, 1.165) is 25.7 Å². The van der Waals surface area contributed by atoms with Gasteiger partial charge < -0.3 is 15.0 Å². The van der Waals surface area contributed by atoms with Gasteiger partial charge in [-0.3, -0.25) is 0 Å². The standard InChI is InChI=1S/C11H24N2O/c1-10(2)8-13(3)6-4-11-9-14-7-5-12-11/h10-12H,4-9H2,1-3H3. The highest BCUT2D eigenvalue weighted by molar-refractivity contribution is 4.71. The van der Waals surface area contributed by atoms with Crippen molar-refractivity contribution in [2.75, 3.05) is 39.9 Å². The van der Waals surface area contributed by atoms with E-state index in [1.807, 2.05) is 0 Å². The Labute approximate surface area is 87.8 Å². The Morgan fingerprint density at radius 2 is 2.29 bits per heavy atom. The average Bonchev–Trinajstić information content (AvgIpc) is 2.15. The predicted octanol–water partition coefficient (Wildman–Crippen LogP) is 0.953. The van der Waals surface area contributed by atoms with Crippen molar-refractivity contribution in [3.8, 4) is 0 Å². The first-order valence-corrected chi connectivity index (χ1v) is 5.68. The lowest BCUT2D eigenvalue weighted by Crippen LogP contribution is -2.43. The minimum absolute atomic E-state index is 0.568. The molecular formula is C11H24N2O. The highest BCUT2D eigenvalue weighted by Crippen LogP contribution is 2.02. The molecule has 0 aromatic rings. The quantitative estimate of drug-likeness (QED) is 0.715. The van der Waals surface area contributed by atoms with Crippen LogP contribution in [0.25, 0.3) is 0 Å². The van der Waals surface area contributed by atoms with Gasteiger partial charge in [-0.05, 0) is 25.9 Å². The Hall–Kier alpha value is -0.120. The van der Waals surface area contributed by atoms with Crippen LogP contribution in [-0.2, 0) is 4.74 Å². The van der Waals surface area contributed by atoms with Crippen molar-refractivity contribution < 1.29 is 4.74 Å². The molecule has 0 saturated carbocycles. The summed E-state index contributed by atoms with van der Waals surface area (Å²) in [6.45, 7) is 9.65. The fourth-order valence-corrected chi connectivity index (χ4v) is 1.90. The van der Waals surface area contributed by atoms with Crippen molar-refractivity contribution in [3.63, 3.8) is 0 Å². The third-order valence-corrected chi connectivity index (χ3v) is 2.53. The van der Waals surface area contributed by atoms with Gasteiger partial charge >= 0.3 is 0 Å². The first-order chi connectivity index (χ1) is 6.68. The maximum atomic E-state index is 5.41. The van der Waals surface area contributed by atoms with Gasteiger partial charge in [-0.25, -0.2) is 0 Å². The van der Waals surface area contributed by atoms with Crippen molar-refractivity contribution in [2.24, 2.45) is 5.92 Å². The Morgan fingerprint density at radius 1 is 1.50 bits per heavy atom. The second kappa shape index (κ2) is 6.38. The number of rotatable bonds is 5. The molecule has 0 amide bonds. The molecule has 84 valence electrons. The summed E-state index contributed by atoms with van der Waals surface area (Å²) >= 11 is 0. The molecule has 1 rings (SSSR count). The van der Waals surface area contributed by atoms with Crippen LogP contribution in [0.4, 0.5) is 0 Å². The van der Waals surface area contributed by atoms with Crippen LogP contribution in [0.5, 0.6) is 0 Å². The summed E-state index contributed by atoms with van der Waals surface area (Å²) in [6, 6.07) is 0.568. The van der Waals surface area contributed by atoms with Gasteiger partial charge in [0.15, 0.2) is 0 Å². The second-order valence-corrected chi connectivity index (χ2v) is 4.67. The summed E-state index contributed by atoms with van der Waals surface area (Å²) in [7, 11) is 2.20. The lowest BCUT2D eigenvalue weighted by Gasteiger charge is -2.26. The zero-order valence-electron chi connectivity index (χ0n) is 9.75. The van der Waals surface area contributed by atoms with E-state index < -0.39 is 0 Å². The molecule has 0 radical (unpaired) electrons. The van der Waals surface area contributed by atoms with Crippen molar-refractivity contribution in [3.05, 3.63) is 0 Å². The van der Waals surface area contributed by atoms with E-state index in [1.54, 1.807) is 0 Å². The van der Waals surface area contributed by atoms with Crippen LogP contribution >= 0.6 is 0 Å². The molecule has 0 aromatic heterocycles. The number of nitrogens with zero attached hydrogens (tertiary/aromatic N) is 1. The average molecular weight is 200 g/mol. The SMILES string of the molecule is CC(C)CN(C)CCC1COCCN1. The molecule has 1 atom stereocenters. The van der Waals surface area contributed by atoms with Crippen molar-refractivity contribution in [1.29, 1.82) is 0 Å². The maximum Gasteiger partial charge on any atom is 0.0620 e. The summed E-state index contributed by atoms with van der Waals surface area (Å²) in [5.74, 6) is 0.760. The summed E-state index contributed by atoms with van der Waals surface area (Å²) < 4.78 is 5.41. The van der Waals surface area contributed by atoms with E-state index >= 15 is 0 Å². The molecule has 0 spiro atoms. The number of nitrogens with one attached hydrogen (secondary N) is 1. The Bertz CT molecular complexity index is 144. The van der Waals surface area contributed by atoms with Crippen LogP contribution in [0.3, 0.4) is 0 Å². The third kappa shape index (κ3) is 4.94. The summed E-state index contributed by atoms with van der Waals surface area (Å²) in [5, 5.41) is 3.48. The van der Waals surface area contributed by atoms with E-state index in [4.69, 9.17) is 4.74 Å². The third-order valence-electron chi connectivity index (χ3n) is 2.53. The Balaban J connectivity index is 2.06. The van der Waals surface area contributed by atoms with Crippen molar-refractivity contribution >= 4 is 0 Å². The van der Waals surface area contributed by atoms with E-state index in [-0.39, 0.29) is 0 Å². The summed E-state index contributed by atoms with van der Waals surface area (Å²) in [4.78, 5) is 2.40. The maximum absolute atomic E-state index is 5.41. The number of hydrogen-bond acceptors (Lipinski definition) is 3. The molecule has 0 bridgehead atoms. The molecule has 0 aliphatic carbocycles. The molecule has 3 nitrogen and oxygen atoms in total. The fourth-order valence-electron chi connectivity index (χ4n) is 1.90. The molecule has 0 aromatic carbocycles. The molecule has 1 unspecified atom stereocenters. The molecule has 1 aliphatic rings. The molecule has 1 fully saturated rings. The van der Waals surface area contributed by atoms with E-state index in [9.17, 15) is 0 Å². The molecular weight excluding hydrogens is 176 g/mol. The first kappa shape index (κ1) is 12.0. The number of morpholine rings is 1. The van der Waals surface area contributed by atoms with Crippen LogP contribution in [0.1, 0.15) is 20.3 Å². The minimum Gasteiger partial charge on any atom is -0.379 e. The van der Waals surface area contributed by atoms with Gasteiger partial charge in [0.1, 0.15) is 0 Å².